The molecule has 0 radical (unpaired) electrons. The maximum absolute atomic E-state index is 11.7. The monoisotopic (exact) mass is 305 g/mol. The molecule has 0 bridgehead atoms. The quantitative estimate of drug-likeness (QED) is 0.619. The van der Waals surface area contributed by atoms with Gasteiger partial charge in [-0.3, -0.25) is 9.13 Å². The van der Waals surface area contributed by atoms with Gasteiger partial charge in [0.25, 0.3) is 0 Å². The third-order valence-electron chi connectivity index (χ3n) is 3.22. The molecule has 1 fully saturated rings. The van der Waals surface area contributed by atoms with E-state index in [9.17, 15) is 14.5 Å². The molecule has 9 nitrogen and oxygen atoms in total. The molecular weight excluding hydrogens is 289 g/mol. The van der Waals surface area contributed by atoms with E-state index in [4.69, 9.17) is 19.9 Å². The molecule has 2 unspecified atom stereocenters. The van der Waals surface area contributed by atoms with Crippen molar-refractivity contribution < 1.29 is 23.8 Å². The largest absolute Gasteiger partial charge is 0.393 e. The zero-order chi connectivity index (χ0) is 14.9. The number of aliphatic hydroxyl groups excluding tert-OH is 1. The second kappa shape index (κ2) is 5.63. The number of rotatable bonds is 4. The van der Waals surface area contributed by atoms with E-state index in [2.05, 4.69) is 4.98 Å². The second-order valence-corrected chi connectivity index (χ2v) is 5.46. The molecule has 1 saturated heterocycles. The van der Waals surface area contributed by atoms with Crippen LogP contribution in [0.1, 0.15) is 19.6 Å². The molecule has 2 rings (SSSR count). The SMILES string of the molecule is C[C@]1(CO)O[C@@H](n2ccc(N)nc2=O)CC1O[PH](=O)O. The molecule has 0 aromatic carbocycles. The Kier molecular flexibility index (Phi) is 4.26. The zero-order valence-electron chi connectivity index (χ0n) is 10.7. The standard InChI is InChI=1S/C10H16N3O6P/c1-10(5-14)6(19-20(16)17)4-8(18-10)13-3-2-7(11)12-9(13)15/h2-3,6,8,14,20H,4-5H2,1H3,(H,16,17)(H2,11,12,15)/t6?,8-,10-/m1/s1. The van der Waals surface area contributed by atoms with Gasteiger partial charge in [0.05, 0.1) is 6.61 Å². The lowest BCUT2D eigenvalue weighted by molar-refractivity contribution is -0.112. The first-order valence-electron chi connectivity index (χ1n) is 5.88. The first kappa shape index (κ1) is 15.1. The Morgan fingerprint density at radius 2 is 2.45 bits per heavy atom. The molecule has 1 aliphatic heterocycles. The van der Waals surface area contributed by atoms with Crippen molar-refractivity contribution in [1.29, 1.82) is 0 Å². The van der Waals surface area contributed by atoms with E-state index in [-0.39, 0.29) is 12.2 Å². The van der Waals surface area contributed by atoms with Gasteiger partial charge in [-0.2, -0.15) is 4.98 Å². The lowest BCUT2D eigenvalue weighted by atomic mass is 10.0. The first-order chi connectivity index (χ1) is 9.35. The summed E-state index contributed by atoms with van der Waals surface area (Å²) >= 11 is 0. The fourth-order valence-corrected chi connectivity index (χ4v) is 2.71. The van der Waals surface area contributed by atoms with E-state index in [1.54, 1.807) is 0 Å². The number of hydrogen-bond donors (Lipinski definition) is 3. The number of nitrogens with zero attached hydrogens (tertiary/aromatic N) is 2. The van der Waals surface area contributed by atoms with Crippen molar-refractivity contribution in [3.8, 4) is 0 Å². The van der Waals surface area contributed by atoms with Crippen molar-refractivity contribution >= 4 is 14.1 Å². The van der Waals surface area contributed by atoms with Crippen LogP contribution < -0.4 is 11.4 Å². The fraction of sp³-hybridized carbons (Fsp3) is 0.600. The van der Waals surface area contributed by atoms with Crippen molar-refractivity contribution in [2.45, 2.75) is 31.3 Å². The molecule has 20 heavy (non-hydrogen) atoms. The summed E-state index contributed by atoms with van der Waals surface area (Å²) in [7, 11) is -3.18. The van der Waals surface area contributed by atoms with Gasteiger partial charge in [-0.1, -0.05) is 0 Å². The maximum Gasteiger partial charge on any atom is 0.351 e. The van der Waals surface area contributed by atoms with Gasteiger partial charge in [0.15, 0.2) is 0 Å². The maximum atomic E-state index is 11.7. The predicted molar refractivity (Wildman–Crippen MR) is 69.2 cm³/mol. The number of aliphatic hydroxyl groups is 1. The number of anilines is 1. The average Bonchev–Trinajstić information content (AvgIpc) is 2.66. The van der Waals surface area contributed by atoms with Crippen LogP contribution in [0.4, 0.5) is 5.82 Å². The summed E-state index contributed by atoms with van der Waals surface area (Å²) < 4.78 is 22.5. The molecule has 0 spiro atoms. The summed E-state index contributed by atoms with van der Waals surface area (Å²) in [4.78, 5) is 24.2. The van der Waals surface area contributed by atoms with Gasteiger partial charge < -0.3 is 25.0 Å². The van der Waals surface area contributed by atoms with Gasteiger partial charge in [-0.15, -0.1) is 0 Å². The Bertz CT molecular complexity index is 578. The van der Waals surface area contributed by atoms with Crippen LogP contribution in [0.3, 0.4) is 0 Å². The highest BCUT2D eigenvalue weighted by Gasteiger charge is 2.47. The molecule has 2 heterocycles. The molecule has 0 saturated carbocycles. The van der Waals surface area contributed by atoms with Crippen molar-refractivity contribution in [2.24, 2.45) is 0 Å². The van der Waals surface area contributed by atoms with Crippen LogP contribution >= 0.6 is 8.25 Å². The van der Waals surface area contributed by atoms with Gasteiger partial charge in [0, 0.05) is 12.6 Å². The lowest BCUT2D eigenvalue weighted by Gasteiger charge is -2.27. The molecule has 112 valence electrons. The summed E-state index contributed by atoms with van der Waals surface area (Å²) in [6.07, 6.45) is -0.00530. The van der Waals surface area contributed by atoms with Crippen LogP contribution in [0.5, 0.6) is 0 Å². The highest BCUT2D eigenvalue weighted by atomic mass is 31.1. The number of hydrogen-bond acceptors (Lipinski definition) is 7. The highest BCUT2D eigenvalue weighted by molar-refractivity contribution is 7.32. The molecule has 10 heteroatoms. The van der Waals surface area contributed by atoms with Crippen molar-refractivity contribution in [1.82, 2.24) is 9.55 Å². The Hall–Kier alpha value is -1.25. The first-order valence-corrected chi connectivity index (χ1v) is 7.15. The molecule has 1 aromatic heterocycles. The van der Waals surface area contributed by atoms with Crippen LogP contribution in [0, 0.1) is 0 Å². The molecular formula is C10H16N3O6P. The van der Waals surface area contributed by atoms with Gasteiger partial charge in [0.1, 0.15) is 23.8 Å². The molecule has 4 N–H and O–H groups in total. The minimum absolute atomic E-state index is 0.0855. The normalized spacial score (nSPS) is 31.4. The Morgan fingerprint density at radius 1 is 1.75 bits per heavy atom. The number of nitrogens with two attached hydrogens (primary N) is 1. The zero-order valence-corrected chi connectivity index (χ0v) is 11.7. The van der Waals surface area contributed by atoms with Gasteiger partial charge >= 0.3 is 13.9 Å². The minimum atomic E-state index is -3.18. The third-order valence-corrected chi connectivity index (χ3v) is 3.71. The van der Waals surface area contributed by atoms with Crippen LogP contribution in [-0.4, -0.2) is 37.9 Å². The molecule has 0 aliphatic carbocycles. The van der Waals surface area contributed by atoms with E-state index in [0.29, 0.717) is 0 Å². The lowest BCUT2D eigenvalue weighted by Crippen LogP contribution is -2.40. The number of ether oxygens (including phenoxy) is 1. The summed E-state index contributed by atoms with van der Waals surface area (Å²) in [6.45, 7) is 1.12. The van der Waals surface area contributed by atoms with E-state index < -0.39 is 38.5 Å². The van der Waals surface area contributed by atoms with Crippen molar-refractivity contribution in [2.75, 3.05) is 12.3 Å². The number of nitrogen functional groups attached to an aromatic ring is 1. The smallest absolute Gasteiger partial charge is 0.351 e. The van der Waals surface area contributed by atoms with E-state index >= 15 is 0 Å². The second-order valence-electron chi connectivity index (χ2n) is 4.69. The highest BCUT2D eigenvalue weighted by Crippen LogP contribution is 2.41. The van der Waals surface area contributed by atoms with Gasteiger partial charge in [-0.25, -0.2) is 4.79 Å². The number of aromatic nitrogens is 2. The van der Waals surface area contributed by atoms with Crippen molar-refractivity contribution in [3.05, 3.63) is 22.7 Å². The van der Waals surface area contributed by atoms with Gasteiger partial charge in [0.2, 0.25) is 0 Å². The van der Waals surface area contributed by atoms with Gasteiger partial charge in [-0.05, 0) is 13.0 Å². The Labute approximate surface area is 114 Å². The molecule has 4 atom stereocenters. The predicted octanol–water partition coefficient (Wildman–Crippen LogP) is -0.737. The van der Waals surface area contributed by atoms with Crippen LogP contribution in [0.25, 0.3) is 0 Å². The fourth-order valence-electron chi connectivity index (χ4n) is 2.12. The van der Waals surface area contributed by atoms with Crippen LogP contribution in [-0.2, 0) is 13.8 Å². The van der Waals surface area contributed by atoms with E-state index in [0.717, 1.165) is 0 Å². The molecule has 1 aliphatic rings. The Morgan fingerprint density at radius 3 is 3.00 bits per heavy atom. The summed E-state index contributed by atoms with van der Waals surface area (Å²) in [5.41, 5.74) is 3.62. The molecule has 0 amide bonds. The van der Waals surface area contributed by atoms with E-state index in [1.165, 1.54) is 23.8 Å². The van der Waals surface area contributed by atoms with Crippen molar-refractivity contribution in [3.63, 3.8) is 0 Å². The topological polar surface area (TPSA) is 137 Å². The third kappa shape index (κ3) is 2.92. The summed E-state index contributed by atoms with van der Waals surface area (Å²) in [6, 6.07) is 1.43. The van der Waals surface area contributed by atoms with Crippen LogP contribution in [0.15, 0.2) is 17.1 Å². The summed E-state index contributed by atoms with van der Waals surface area (Å²) in [5.74, 6) is 0.0855. The Balaban J connectivity index is 2.28. The minimum Gasteiger partial charge on any atom is -0.393 e. The van der Waals surface area contributed by atoms with Crippen LogP contribution in [0.2, 0.25) is 0 Å². The van der Waals surface area contributed by atoms with E-state index in [1.807, 2.05) is 0 Å². The molecule has 1 aromatic rings. The average molecular weight is 305 g/mol. The summed E-state index contributed by atoms with van der Waals surface area (Å²) in [5, 5.41) is 9.39.